The minimum absolute atomic E-state index is 0.0765. The maximum Gasteiger partial charge on any atom is 0.326 e. The minimum Gasteiger partial charge on any atom is -0.508 e. The topological polar surface area (TPSA) is 240 Å². The highest BCUT2D eigenvalue weighted by molar-refractivity contribution is 5.95. The van der Waals surface area contributed by atoms with Gasteiger partial charge in [0.05, 0.1) is 12.5 Å². The molecule has 1 aromatic rings. The summed E-state index contributed by atoms with van der Waals surface area (Å²) in [5, 5.41) is 26.3. The first-order chi connectivity index (χ1) is 17.9. The molecule has 4 amide bonds. The summed E-state index contributed by atoms with van der Waals surface area (Å²) < 4.78 is 0. The monoisotopic (exact) mass is 536 g/mol. The number of carbonyl (C=O) groups is 5. The molecule has 0 aliphatic carbocycles. The smallest absolute Gasteiger partial charge is 0.326 e. The average molecular weight is 537 g/mol. The van der Waals surface area contributed by atoms with E-state index in [9.17, 15) is 34.2 Å². The van der Waals surface area contributed by atoms with Crippen molar-refractivity contribution in [2.24, 2.45) is 23.1 Å². The average Bonchev–Trinajstić information content (AvgIpc) is 2.86. The van der Waals surface area contributed by atoms with Gasteiger partial charge < -0.3 is 43.4 Å². The Balaban J connectivity index is 3.00. The fourth-order valence-electron chi connectivity index (χ4n) is 3.64. The Morgan fingerprint density at radius 3 is 2.05 bits per heavy atom. The van der Waals surface area contributed by atoms with Crippen molar-refractivity contribution in [3.05, 3.63) is 29.8 Å². The Kier molecular flexibility index (Phi) is 13.8. The highest BCUT2D eigenvalue weighted by Crippen LogP contribution is 2.13. The number of rotatable bonds is 17. The number of primary amides is 1. The van der Waals surface area contributed by atoms with Crippen molar-refractivity contribution >= 4 is 29.6 Å². The Morgan fingerprint density at radius 1 is 0.921 bits per heavy atom. The zero-order chi connectivity index (χ0) is 28.8. The van der Waals surface area contributed by atoms with Crippen LogP contribution < -0.4 is 33.2 Å². The van der Waals surface area contributed by atoms with Crippen molar-refractivity contribution in [2.75, 3.05) is 6.54 Å². The molecule has 38 heavy (non-hydrogen) atoms. The van der Waals surface area contributed by atoms with Gasteiger partial charge in [0.1, 0.15) is 23.9 Å². The van der Waals surface area contributed by atoms with Crippen LogP contribution in [0.25, 0.3) is 0 Å². The van der Waals surface area contributed by atoms with Gasteiger partial charge in [0, 0.05) is 0 Å². The van der Waals surface area contributed by atoms with Crippen LogP contribution in [0.4, 0.5) is 0 Å². The fraction of sp³-hybridized carbons (Fsp3) is 0.560. The Morgan fingerprint density at radius 2 is 1.53 bits per heavy atom. The van der Waals surface area contributed by atoms with Gasteiger partial charge in [-0.05, 0) is 55.8 Å². The molecule has 212 valence electrons. The van der Waals surface area contributed by atoms with Crippen molar-refractivity contribution < 1.29 is 34.2 Å². The van der Waals surface area contributed by atoms with E-state index in [0.29, 0.717) is 31.4 Å². The Labute approximate surface area is 221 Å². The molecule has 0 aliphatic rings. The second-order valence-electron chi connectivity index (χ2n) is 9.26. The number of carboxylic acid groups (broad SMARTS) is 1. The number of nitrogens with one attached hydrogen (secondary N) is 3. The molecule has 1 aromatic carbocycles. The normalized spacial score (nSPS) is 14.8. The molecule has 0 bridgehead atoms. The molecule has 0 saturated carbocycles. The fourth-order valence-corrected chi connectivity index (χ4v) is 3.64. The highest BCUT2D eigenvalue weighted by atomic mass is 16.4. The van der Waals surface area contributed by atoms with Gasteiger partial charge in [0.25, 0.3) is 0 Å². The summed E-state index contributed by atoms with van der Waals surface area (Å²) >= 11 is 0. The van der Waals surface area contributed by atoms with Crippen molar-refractivity contribution in [3.63, 3.8) is 0 Å². The van der Waals surface area contributed by atoms with E-state index in [-0.39, 0.29) is 18.6 Å². The molecular weight excluding hydrogens is 496 g/mol. The Bertz CT molecular complexity index is 956. The van der Waals surface area contributed by atoms with Crippen molar-refractivity contribution in [1.29, 1.82) is 0 Å². The van der Waals surface area contributed by atoms with E-state index in [1.807, 2.05) is 0 Å². The number of benzene rings is 1. The first-order valence-electron chi connectivity index (χ1n) is 12.5. The van der Waals surface area contributed by atoms with Crippen LogP contribution in [0.1, 0.15) is 51.5 Å². The highest BCUT2D eigenvalue weighted by Gasteiger charge is 2.33. The number of unbranched alkanes of at least 4 members (excludes halogenated alkanes) is 1. The number of amides is 4. The summed E-state index contributed by atoms with van der Waals surface area (Å²) in [5.74, 6) is -4.70. The molecule has 0 spiro atoms. The summed E-state index contributed by atoms with van der Waals surface area (Å²) in [6.45, 7) is 3.87. The van der Waals surface area contributed by atoms with Gasteiger partial charge in [-0.2, -0.15) is 0 Å². The zero-order valence-corrected chi connectivity index (χ0v) is 21.8. The number of hydrogen-bond donors (Lipinski definition) is 8. The lowest BCUT2D eigenvalue weighted by Gasteiger charge is -2.28. The van der Waals surface area contributed by atoms with Gasteiger partial charge in [-0.3, -0.25) is 19.2 Å². The van der Waals surface area contributed by atoms with Gasteiger partial charge in [-0.15, -0.1) is 0 Å². The molecule has 0 heterocycles. The van der Waals surface area contributed by atoms with Crippen LogP contribution in [-0.4, -0.2) is 70.5 Å². The number of hydrogen-bond acceptors (Lipinski definition) is 8. The van der Waals surface area contributed by atoms with Crippen LogP contribution in [0, 0.1) is 5.92 Å². The lowest BCUT2D eigenvalue weighted by molar-refractivity contribution is -0.144. The molecule has 11 N–H and O–H groups in total. The largest absolute Gasteiger partial charge is 0.508 e. The molecule has 0 aromatic heterocycles. The molecule has 5 unspecified atom stereocenters. The number of phenolic OH excluding ortho intramolecular Hbond substituents is 1. The van der Waals surface area contributed by atoms with Gasteiger partial charge in [0.2, 0.25) is 23.6 Å². The minimum atomic E-state index is -1.55. The molecule has 0 radical (unpaired) electrons. The van der Waals surface area contributed by atoms with E-state index in [1.54, 1.807) is 26.0 Å². The third kappa shape index (κ3) is 11.1. The third-order valence-electron chi connectivity index (χ3n) is 6.12. The summed E-state index contributed by atoms with van der Waals surface area (Å²) in [6, 6.07) is 1.51. The van der Waals surface area contributed by atoms with E-state index < -0.39 is 66.1 Å². The first-order valence-corrected chi connectivity index (χ1v) is 12.5. The van der Waals surface area contributed by atoms with E-state index in [4.69, 9.17) is 17.2 Å². The quantitative estimate of drug-likeness (QED) is 0.112. The van der Waals surface area contributed by atoms with Gasteiger partial charge in [0.15, 0.2) is 0 Å². The molecule has 0 fully saturated rings. The van der Waals surface area contributed by atoms with Crippen LogP contribution in [0.15, 0.2) is 24.3 Å². The predicted octanol–water partition coefficient (Wildman–Crippen LogP) is -1.15. The van der Waals surface area contributed by atoms with Crippen LogP contribution in [0.3, 0.4) is 0 Å². The van der Waals surface area contributed by atoms with Crippen LogP contribution >= 0.6 is 0 Å². The maximum atomic E-state index is 13.2. The van der Waals surface area contributed by atoms with Crippen LogP contribution in [0.5, 0.6) is 5.75 Å². The van der Waals surface area contributed by atoms with E-state index in [2.05, 4.69) is 16.0 Å². The van der Waals surface area contributed by atoms with E-state index >= 15 is 0 Å². The standard InChI is InChI=1S/C25H40N6O7/c1-3-14(2)21(24(36)30-19(25(37)38)13-20(28)33)31-23(35)18(6-4-5-11-26)29-22(34)17(27)12-15-7-9-16(32)10-8-15/h7-10,14,17-19,21,32H,3-6,11-13,26-27H2,1-2H3,(H2,28,33)(H,29,34)(H,30,36)(H,31,35)(H,37,38). The lowest BCUT2D eigenvalue weighted by atomic mass is 9.96. The number of aromatic hydroxyl groups is 1. The summed E-state index contributed by atoms with van der Waals surface area (Å²) in [5.41, 5.74) is 17.4. The second-order valence-corrected chi connectivity index (χ2v) is 9.26. The van der Waals surface area contributed by atoms with E-state index in [1.165, 1.54) is 12.1 Å². The van der Waals surface area contributed by atoms with Crippen LogP contribution in [0.2, 0.25) is 0 Å². The molecule has 0 saturated heterocycles. The summed E-state index contributed by atoms with van der Waals surface area (Å²) in [6.07, 6.45) is 1.36. The number of carboxylic acids is 1. The zero-order valence-electron chi connectivity index (χ0n) is 21.8. The van der Waals surface area contributed by atoms with Gasteiger partial charge in [-0.25, -0.2) is 4.79 Å². The molecule has 13 nitrogen and oxygen atoms in total. The molecule has 5 atom stereocenters. The predicted molar refractivity (Wildman–Crippen MR) is 139 cm³/mol. The van der Waals surface area contributed by atoms with Crippen molar-refractivity contribution in [1.82, 2.24) is 16.0 Å². The summed E-state index contributed by atoms with van der Waals surface area (Å²) in [4.78, 5) is 61.6. The molecule has 0 aliphatic heterocycles. The van der Waals surface area contributed by atoms with Gasteiger partial charge >= 0.3 is 5.97 Å². The number of aliphatic carboxylic acids is 1. The van der Waals surface area contributed by atoms with Crippen molar-refractivity contribution in [3.8, 4) is 5.75 Å². The van der Waals surface area contributed by atoms with Crippen molar-refractivity contribution in [2.45, 2.75) is 76.5 Å². The Hall–Kier alpha value is -3.71. The lowest BCUT2D eigenvalue weighted by Crippen LogP contribution is -2.59. The SMILES string of the molecule is CCC(C)C(NC(=O)C(CCCCN)NC(=O)C(N)Cc1ccc(O)cc1)C(=O)NC(CC(N)=O)C(=O)O. The molecule has 1 rings (SSSR count). The third-order valence-corrected chi connectivity index (χ3v) is 6.12. The number of nitrogens with two attached hydrogens (primary N) is 3. The second kappa shape index (κ2) is 16.2. The maximum absolute atomic E-state index is 13.2. The van der Waals surface area contributed by atoms with Gasteiger partial charge in [-0.1, -0.05) is 32.4 Å². The molecule has 13 heteroatoms. The van der Waals surface area contributed by atoms with Crippen LogP contribution in [-0.2, 0) is 30.4 Å². The number of phenols is 1. The van der Waals surface area contributed by atoms with E-state index in [0.717, 1.165) is 0 Å². The number of carbonyl (C=O) groups excluding carboxylic acids is 4. The first kappa shape index (κ1) is 32.3. The summed E-state index contributed by atoms with van der Waals surface area (Å²) in [7, 11) is 0. The molecular formula is C25H40N6O7.